The second-order valence-electron chi connectivity index (χ2n) is 7.56. The molecule has 1 N–H and O–H groups in total. The fourth-order valence-electron chi connectivity index (χ4n) is 3.73. The van der Waals surface area contributed by atoms with Crippen molar-refractivity contribution in [3.63, 3.8) is 0 Å². The van der Waals surface area contributed by atoms with Crippen molar-refractivity contribution in [3.8, 4) is 11.4 Å². The number of carbonyl (C=O) groups excluding carboxylic acids is 1. The number of rotatable bonds is 4. The van der Waals surface area contributed by atoms with Crippen molar-refractivity contribution in [2.75, 3.05) is 26.2 Å². The number of H-pyrrole nitrogens is 1. The summed E-state index contributed by atoms with van der Waals surface area (Å²) in [5.74, 6) is -0.285. The number of nitrogens with zero attached hydrogens (tertiary/aromatic N) is 5. The molecule has 0 unspecified atom stereocenters. The summed E-state index contributed by atoms with van der Waals surface area (Å²) in [4.78, 5) is 30.1. The van der Waals surface area contributed by atoms with Gasteiger partial charge in [-0.3, -0.25) is 14.8 Å². The van der Waals surface area contributed by atoms with Crippen molar-refractivity contribution < 1.29 is 13.2 Å². The molecule has 0 atom stereocenters. The van der Waals surface area contributed by atoms with E-state index in [1.165, 1.54) is 16.7 Å². The number of hydrogen-bond acceptors (Lipinski definition) is 6. The molecule has 1 fully saturated rings. The van der Waals surface area contributed by atoms with Crippen molar-refractivity contribution in [3.05, 3.63) is 71.8 Å². The predicted octanol–water partition coefficient (Wildman–Crippen LogP) is 2.82. The molecule has 1 saturated heterocycles. The molecule has 0 spiro atoms. The Kier molecular flexibility index (Phi) is 5.57. The molecule has 4 aromatic rings. The Hall–Kier alpha value is -3.34. The number of benzene rings is 1. The minimum atomic E-state index is -3.72. The largest absolute Gasteiger partial charge is 0.345 e. The summed E-state index contributed by atoms with van der Waals surface area (Å²) in [7, 11) is -3.72. The number of carbonyl (C=O) groups is 1. The smallest absolute Gasteiger partial charge is 0.274 e. The second-order valence-corrected chi connectivity index (χ2v) is 9.91. The van der Waals surface area contributed by atoms with E-state index in [0.29, 0.717) is 21.9 Å². The lowest BCUT2D eigenvalue weighted by atomic mass is 10.2. The highest BCUT2D eigenvalue weighted by Crippen LogP contribution is 2.25. The number of halogens is 1. The Labute approximate surface area is 195 Å². The quantitative estimate of drug-likeness (QED) is 0.478. The first kappa shape index (κ1) is 21.5. The standard InChI is InChI=1S/C22H19ClN6O3S/c23-16-4-5-17-15(11-16)12-21(27-17)33(31,32)29-9-7-28(8-10-29)22(30)20-14-25-19(13-26-20)18-3-1-2-6-24-18/h1-6,11-14,27H,7-10H2. The number of aromatic amines is 1. The first-order valence-electron chi connectivity index (χ1n) is 10.2. The van der Waals surface area contributed by atoms with Crippen LogP contribution < -0.4 is 0 Å². The highest BCUT2D eigenvalue weighted by molar-refractivity contribution is 7.89. The van der Waals surface area contributed by atoms with E-state index in [-0.39, 0.29) is 42.8 Å². The van der Waals surface area contributed by atoms with Gasteiger partial charge in [0, 0.05) is 48.3 Å². The van der Waals surface area contributed by atoms with Crippen molar-refractivity contribution >= 4 is 38.4 Å². The van der Waals surface area contributed by atoms with Crippen LogP contribution in [0.4, 0.5) is 0 Å². The van der Waals surface area contributed by atoms with Gasteiger partial charge in [-0.05, 0) is 36.4 Å². The third kappa shape index (κ3) is 4.20. The maximum atomic E-state index is 13.1. The number of sulfonamides is 1. The Morgan fingerprint density at radius 3 is 2.45 bits per heavy atom. The molecule has 0 bridgehead atoms. The van der Waals surface area contributed by atoms with Crippen LogP contribution in [0.1, 0.15) is 10.5 Å². The number of pyridine rings is 1. The molecule has 168 valence electrons. The van der Waals surface area contributed by atoms with Crippen LogP contribution in [0.2, 0.25) is 5.02 Å². The molecule has 1 aliphatic rings. The predicted molar refractivity (Wildman–Crippen MR) is 123 cm³/mol. The maximum Gasteiger partial charge on any atom is 0.274 e. The monoisotopic (exact) mass is 482 g/mol. The van der Waals surface area contributed by atoms with E-state index < -0.39 is 10.0 Å². The summed E-state index contributed by atoms with van der Waals surface area (Å²) in [5, 5.41) is 1.37. The average Bonchev–Trinajstić information content (AvgIpc) is 3.28. The number of fused-ring (bicyclic) bond motifs is 1. The van der Waals surface area contributed by atoms with E-state index in [4.69, 9.17) is 11.6 Å². The van der Waals surface area contributed by atoms with Crippen LogP contribution in [-0.4, -0.2) is 69.6 Å². The number of hydrogen-bond donors (Lipinski definition) is 1. The van der Waals surface area contributed by atoms with Gasteiger partial charge in [-0.1, -0.05) is 17.7 Å². The van der Waals surface area contributed by atoms with E-state index in [1.807, 2.05) is 18.2 Å². The van der Waals surface area contributed by atoms with Crippen LogP contribution in [0, 0.1) is 0 Å². The van der Waals surface area contributed by atoms with Gasteiger partial charge in [0.1, 0.15) is 16.4 Å². The third-order valence-electron chi connectivity index (χ3n) is 5.50. The van der Waals surface area contributed by atoms with Crippen LogP contribution in [0.25, 0.3) is 22.3 Å². The molecule has 11 heteroatoms. The Morgan fingerprint density at radius 2 is 1.76 bits per heavy atom. The van der Waals surface area contributed by atoms with Gasteiger partial charge in [-0.25, -0.2) is 13.4 Å². The van der Waals surface area contributed by atoms with Gasteiger partial charge in [0.25, 0.3) is 15.9 Å². The van der Waals surface area contributed by atoms with E-state index >= 15 is 0 Å². The molecule has 0 aliphatic carbocycles. The van der Waals surface area contributed by atoms with E-state index in [9.17, 15) is 13.2 Å². The Balaban J connectivity index is 1.26. The summed E-state index contributed by atoms with van der Waals surface area (Å²) in [6.07, 6.45) is 4.60. The summed E-state index contributed by atoms with van der Waals surface area (Å²) in [6.45, 7) is 0.884. The third-order valence-corrected chi connectivity index (χ3v) is 7.56. The molecule has 1 amide bonds. The Morgan fingerprint density at radius 1 is 0.939 bits per heavy atom. The molecule has 4 heterocycles. The summed E-state index contributed by atoms with van der Waals surface area (Å²) < 4.78 is 27.6. The van der Waals surface area contributed by atoms with Crippen molar-refractivity contribution in [1.29, 1.82) is 0 Å². The second kappa shape index (κ2) is 8.54. The van der Waals surface area contributed by atoms with E-state index in [1.54, 1.807) is 35.4 Å². The molecular weight excluding hydrogens is 464 g/mol. The summed E-state index contributed by atoms with van der Waals surface area (Å²) in [5.41, 5.74) is 2.14. The van der Waals surface area contributed by atoms with Crippen molar-refractivity contribution in [2.45, 2.75) is 5.03 Å². The van der Waals surface area contributed by atoms with Gasteiger partial charge in [0.05, 0.1) is 18.1 Å². The molecule has 5 rings (SSSR count). The average molecular weight is 483 g/mol. The van der Waals surface area contributed by atoms with Gasteiger partial charge in [-0.2, -0.15) is 4.31 Å². The zero-order chi connectivity index (χ0) is 23.0. The number of amides is 1. The van der Waals surface area contributed by atoms with Gasteiger partial charge < -0.3 is 9.88 Å². The minimum Gasteiger partial charge on any atom is -0.345 e. The lowest BCUT2D eigenvalue weighted by Gasteiger charge is -2.33. The fraction of sp³-hybridized carbons (Fsp3) is 0.182. The fourth-order valence-corrected chi connectivity index (χ4v) is 5.35. The van der Waals surface area contributed by atoms with E-state index in [0.717, 1.165) is 5.39 Å². The molecule has 0 saturated carbocycles. The summed E-state index contributed by atoms with van der Waals surface area (Å²) >= 11 is 6.00. The van der Waals surface area contributed by atoms with Crippen LogP contribution >= 0.6 is 11.6 Å². The van der Waals surface area contributed by atoms with Gasteiger partial charge in [-0.15, -0.1) is 0 Å². The number of aromatic nitrogens is 4. The van der Waals surface area contributed by atoms with Gasteiger partial charge in [0.15, 0.2) is 0 Å². The maximum absolute atomic E-state index is 13.1. The van der Waals surface area contributed by atoms with Crippen LogP contribution in [0.3, 0.4) is 0 Å². The highest BCUT2D eigenvalue weighted by atomic mass is 35.5. The zero-order valence-electron chi connectivity index (χ0n) is 17.3. The molecule has 33 heavy (non-hydrogen) atoms. The summed E-state index contributed by atoms with van der Waals surface area (Å²) in [6, 6.07) is 12.2. The van der Waals surface area contributed by atoms with E-state index in [2.05, 4.69) is 19.9 Å². The van der Waals surface area contributed by atoms with Crippen LogP contribution in [0.15, 0.2) is 66.1 Å². The normalized spacial score (nSPS) is 15.1. The van der Waals surface area contributed by atoms with Crippen molar-refractivity contribution in [1.82, 2.24) is 29.1 Å². The Bertz CT molecular complexity index is 1420. The lowest BCUT2D eigenvalue weighted by Crippen LogP contribution is -2.50. The van der Waals surface area contributed by atoms with Crippen LogP contribution in [-0.2, 0) is 10.0 Å². The van der Waals surface area contributed by atoms with Gasteiger partial charge in [0.2, 0.25) is 0 Å². The number of piperazine rings is 1. The first-order valence-corrected chi connectivity index (χ1v) is 12.0. The molecule has 9 nitrogen and oxygen atoms in total. The zero-order valence-corrected chi connectivity index (χ0v) is 18.9. The number of nitrogens with one attached hydrogen (secondary N) is 1. The minimum absolute atomic E-state index is 0.107. The molecule has 1 aliphatic heterocycles. The van der Waals surface area contributed by atoms with Crippen LogP contribution in [0.5, 0.6) is 0 Å². The first-order chi connectivity index (χ1) is 15.9. The topological polar surface area (TPSA) is 112 Å². The SMILES string of the molecule is O=C(c1cnc(-c2ccccn2)cn1)N1CCN(S(=O)(=O)c2cc3cc(Cl)ccc3[nH]2)CC1. The lowest BCUT2D eigenvalue weighted by molar-refractivity contribution is 0.0691. The molecular formula is C22H19ClN6O3S. The molecule has 0 radical (unpaired) electrons. The highest BCUT2D eigenvalue weighted by Gasteiger charge is 2.32. The molecule has 1 aromatic carbocycles. The van der Waals surface area contributed by atoms with Gasteiger partial charge >= 0.3 is 0 Å². The van der Waals surface area contributed by atoms with Crippen molar-refractivity contribution in [2.24, 2.45) is 0 Å². The molecule has 3 aromatic heterocycles.